The third kappa shape index (κ3) is 14.9. The van der Waals surface area contributed by atoms with Crippen molar-refractivity contribution in [3.05, 3.63) is 76.5 Å². The summed E-state index contributed by atoms with van der Waals surface area (Å²) in [6.07, 6.45) is 11.6. The predicted octanol–water partition coefficient (Wildman–Crippen LogP) is 9.24. The summed E-state index contributed by atoms with van der Waals surface area (Å²) in [4.78, 5) is 59.7. The monoisotopic (exact) mass is 1020 g/mol. The van der Waals surface area contributed by atoms with Gasteiger partial charge < -0.3 is 36.2 Å². The minimum Gasteiger partial charge on any atom is -0.391 e. The first-order valence-corrected chi connectivity index (χ1v) is 27.8. The molecule has 2 aromatic heterocycles. The van der Waals surface area contributed by atoms with Crippen molar-refractivity contribution in [1.82, 2.24) is 35.4 Å². The number of hydrogen-bond donors (Lipinski definition) is 5. The van der Waals surface area contributed by atoms with E-state index in [0.717, 1.165) is 106 Å². The number of carbonyl (C=O) groups is 3. The maximum Gasteiger partial charge on any atom is 0.246 e. The zero-order valence-corrected chi connectivity index (χ0v) is 44.4. The molecule has 4 aromatic rings. The third-order valence-corrected chi connectivity index (χ3v) is 16.8. The second-order valence-electron chi connectivity index (χ2n) is 20.3. The number of unbranched alkanes of at least 4 members (excludes halogenated alkanes) is 7. The van der Waals surface area contributed by atoms with Crippen LogP contribution in [0.25, 0.3) is 10.4 Å². The van der Waals surface area contributed by atoms with Crippen molar-refractivity contribution in [3.63, 3.8) is 0 Å². The summed E-state index contributed by atoms with van der Waals surface area (Å²) >= 11 is 8.05. The Hall–Kier alpha value is -4.68. The molecule has 2 aromatic carbocycles. The zero-order valence-electron chi connectivity index (χ0n) is 42.0. The Balaban J connectivity index is 0.862. The standard InChI is InChI=1S/C52H74ClN9O6S2/c1-34(2)70(67,68)44-21-16-15-20-42(44)58-48-41(53)30-54-51(60-48)57-39-19-18-28-61(31-39)27-17-13-11-9-8-10-12-14-22-45(64)59-47(52(5,6)7)50(66)62-32-40(63)29-43(62)49(65)56-35(3)37-23-25-38(26-24-37)46-36(4)55-33-69-46/h15-16,20-21,23-26,30,33-35,39-40,43,47,63H,8-14,17-19,22,27-29,31-32H2,1-7H3,(H,56,65)(H,59,64)(H2,54,57,58,60)/t35-,39+,40+,43-,47+/m0/s1. The highest BCUT2D eigenvalue weighted by Crippen LogP contribution is 2.32. The summed E-state index contributed by atoms with van der Waals surface area (Å²) < 4.78 is 26.0. The molecule has 3 amide bonds. The van der Waals surface area contributed by atoms with Crippen molar-refractivity contribution in [2.45, 2.75) is 166 Å². The number of aliphatic hydroxyl groups excluding tert-OH is 1. The van der Waals surface area contributed by atoms with E-state index in [1.165, 1.54) is 11.1 Å². The number of aromatic nitrogens is 3. The number of aryl methyl sites for hydroxylation is 1. The number of thiazole rings is 1. The van der Waals surface area contributed by atoms with Crippen LogP contribution in [0.5, 0.6) is 0 Å². The number of β-amino-alcohol motifs (C(OH)–C–C–N with tert-alkyl or cyclic N) is 1. The number of para-hydroxylation sites is 1. The Morgan fingerprint density at radius 3 is 2.27 bits per heavy atom. The van der Waals surface area contributed by atoms with Crippen LogP contribution < -0.4 is 21.3 Å². The topological polar surface area (TPSA) is 199 Å². The molecule has 2 fully saturated rings. The normalized spacial score (nSPS) is 18.7. The molecule has 5 atom stereocenters. The smallest absolute Gasteiger partial charge is 0.246 e. The van der Waals surface area contributed by atoms with Gasteiger partial charge in [-0.15, -0.1) is 11.3 Å². The Labute approximate surface area is 424 Å². The SMILES string of the molecule is Cc1ncsc1-c1ccc([C@H](C)NC(=O)[C@@H]2C[C@@H](O)CN2C(=O)[C@@H](NC(=O)CCCCCCCCCCN2CCC[C@@H](Nc3ncc(Cl)c(Nc4ccccc4S(=O)(=O)C(C)C)n3)C2)C(C)(C)C)cc1. The van der Waals surface area contributed by atoms with Gasteiger partial charge in [0.15, 0.2) is 15.7 Å². The molecule has 0 spiro atoms. The number of rotatable bonds is 23. The van der Waals surface area contributed by atoms with Gasteiger partial charge in [-0.2, -0.15) is 4.98 Å². The number of carbonyl (C=O) groups excluding carboxylic acids is 3. The Bertz CT molecular complexity index is 2480. The van der Waals surface area contributed by atoms with Crippen LogP contribution in [0.3, 0.4) is 0 Å². The van der Waals surface area contributed by atoms with Crippen LogP contribution in [-0.4, -0.2) is 112 Å². The fourth-order valence-electron chi connectivity index (χ4n) is 9.21. The molecular weight excluding hydrogens is 946 g/mol. The number of amides is 3. The number of aliphatic hydroxyl groups is 1. The average molecular weight is 1020 g/mol. The Morgan fingerprint density at radius 1 is 0.914 bits per heavy atom. The molecule has 382 valence electrons. The molecule has 2 aliphatic rings. The van der Waals surface area contributed by atoms with Gasteiger partial charge in [0, 0.05) is 32.0 Å². The molecule has 4 heterocycles. The number of nitrogens with one attached hydrogen (secondary N) is 4. The number of piperidine rings is 1. The lowest BCUT2D eigenvalue weighted by atomic mass is 9.85. The maximum absolute atomic E-state index is 14.1. The van der Waals surface area contributed by atoms with Crippen molar-refractivity contribution in [1.29, 1.82) is 0 Å². The minimum absolute atomic E-state index is 0.0308. The van der Waals surface area contributed by atoms with Crippen LogP contribution >= 0.6 is 22.9 Å². The number of halogens is 1. The van der Waals surface area contributed by atoms with Crippen molar-refractivity contribution < 1.29 is 27.9 Å². The molecule has 70 heavy (non-hydrogen) atoms. The van der Waals surface area contributed by atoms with Crippen LogP contribution in [0, 0.1) is 12.3 Å². The van der Waals surface area contributed by atoms with E-state index in [-0.39, 0.29) is 47.7 Å². The summed E-state index contributed by atoms with van der Waals surface area (Å²) in [5.41, 5.74) is 4.58. The molecule has 6 rings (SSSR count). The quantitative estimate of drug-likeness (QED) is 0.0442. The van der Waals surface area contributed by atoms with Crippen molar-refractivity contribution >= 4 is 68.0 Å². The van der Waals surface area contributed by atoms with E-state index in [2.05, 4.69) is 41.1 Å². The van der Waals surface area contributed by atoms with Crippen LogP contribution in [0.2, 0.25) is 5.02 Å². The Kier molecular flexibility index (Phi) is 19.6. The van der Waals surface area contributed by atoms with Crippen molar-refractivity contribution in [2.24, 2.45) is 5.41 Å². The highest BCUT2D eigenvalue weighted by molar-refractivity contribution is 7.92. The molecular formula is C52H74ClN9O6S2. The first-order chi connectivity index (χ1) is 33.3. The first kappa shape index (κ1) is 54.6. The fraction of sp³-hybridized carbons (Fsp3) is 0.577. The number of sulfone groups is 1. The first-order valence-electron chi connectivity index (χ1n) is 25.0. The third-order valence-electron chi connectivity index (χ3n) is 13.3. The van der Waals surface area contributed by atoms with Crippen molar-refractivity contribution in [3.8, 4) is 10.4 Å². The van der Waals surface area contributed by atoms with Gasteiger partial charge >= 0.3 is 0 Å². The molecule has 2 aliphatic heterocycles. The molecule has 0 radical (unpaired) electrons. The summed E-state index contributed by atoms with van der Waals surface area (Å²) in [6.45, 7) is 15.9. The van der Waals surface area contributed by atoms with Crippen molar-refractivity contribution in [2.75, 3.05) is 36.8 Å². The number of benzene rings is 2. The lowest BCUT2D eigenvalue weighted by Crippen LogP contribution is -2.57. The van der Waals surface area contributed by atoms with Gasteiger partial charge in [-0.3, -0.25) is 14.4 Å². The lowest BCUT2D eigenvalue weighted by Gasteiger charge is -2.35. The summed E-state index contributed by atoms with van der Waals surface area (Å²) in [6, 6.07) is 12.9. The lowest BCUT2D eigenvalue weighted by molar-refractivity contribution is -0.144. The molecule has 2 saturated heterocycles. The van der Waals surface area contributed by atoms with Crippen LogP contribution in [0.4, 0.5) is 17.5 Å². The fourth-order valence-corrected chi connectivity index (χ4v) is 11.4. The number of nitrogens with zero attached hydrogens (tertiary/aromatic N) is 5. The largest absolute Gasteiger partial charge is 0.391 e. The van der Waals surface area contributed by atoms with E-state index >= 15 is 0 Å². The summed E-state index contributed by atoms with van der Waals surface area (Å²) in [5, 5.41) is 23.0. The van der Waals surface area contributed by atoms with E-state index < -0.39 is 38.7 Å². The van der Waals surface area contributed by atoms with Gasteiger partial charge in [0.2, 0.25) is 23.7 Å². The average Bonchev–Trinajstić information content (AvgIpc) is 3.94. The second-order valence-corrected chi connectivity index (χ2v) is 24.1. The van der Waals surface area contributed by atoms with E-state index in [1.807, 2.05) is 64.4 Å². The van der Waals surface area contributed by atoms with Gasteiger partial charge in [-0.25, -0.2) is 18.4 Å². The predicted molar refractivity (Wildman–Crippen MR) is 280 cm³/mol. The summed E-state index contributed by atoms with van der Waals surface area (Å²) in [7, 11) is -3.53. The molecule has 0 unspecified atom stereocenters. The Morgan fingerprint density at radius 2 is 1.60 bits per heavy atom. The van der Waals surface area contributed by atoms with Gasteiger partial charge in [-0.1, -0.05) is 107 Å². The van der Waals surface area contributed by atoms with E-state index in [1.54, 1.807) is 49.4 Å². The van der Waals surface area contributed by atoms with Crippen LogP contribution in [0.15, 0.2) is 65.1 Å². The molecule has 15 nitrogen and oxygen atoms in total. The molecule has 18 heteroatoms. The number of hydrogen-bond acceptors (Lipinski definition) is 13. The van der Waals surface area contributed by atoms with E-state index in [0.29, 0.717) is 28.9 Å². The van der Waals surface area contributed by atoms with Gasteiger partial charge in [0.25, 0.3) is 0 Å². The number of likely N-dealkylation sites (tertiary alicyclic amines) is 2. The zero-order chi connectivity index (χ0) is 50.6. The second kappa shape index (κ2) is 25.1. The van der Waals surface area contributed by atoms with E-state index in [9.17, 15) is 27.9 Å². The molecule has 5 N–H and O–H groups in total. The van der Waals surface area contributed by atoms with Gasteiger partial charge in [-0.05, 0) is 95.1 Å². The maximum atomic E-state index is 14.1. The molecule has 0 aliphatic carbocycles. The van der Waals surface area contributed by atoms with Gasteiger partial charge in [0.05, 0.1) is 50.3 Å². The highest BCUT2D eigenvalue weighted by atomic mass is 35.5. The van der Waals surface area contributed by atoms with Crippen LogP contribution in [0.1, 0.15) is 136 Å². The number of anilines is 3. The van der Waals surface area contributed by atoms with Crippen LogP contribution in [-0.2, 0) is 24.2 Å². The van der Waals surface area contributed by atoms with E-state index in [4.69, 9.17) is 11.6 Å². The molecule has 0 bridgehead atoms. The highest BCUT2D eigenvalue weighted by Gasteiger charge is 2.44. The molecule has 0 saturated carbocycles. The summed E-state index contributed by atoms with van der Waals surface area (Å²) in [5.74, 6) is -0.0923. The minimum atomic E-state index is -3.53. The van der Waals surface area contributed by atoms with Gasteiger partial charge in [0.1, 0.15) is 17.1 Å².